The van der Waals surface area contributed by atoms with Gasteiger partial charge in [-0.2, -0.15) is 0 Å². The molecule has 1 aliphatic heterocycles. The zero-order valence-electron chi connectivity index (χ0n) is 10.5. The maximum Gasteiger partial charge on any atom is 0.222 e. The molecular formula is C13H14N2O4. The Bertz CT molecular complexity index is 594. The molecule has 0 fully saturated rings. The largest absolute Gasteiger partial charge is 0.486 e. The minimum absolute atomic E-state index is 0.272. The second kappa shape index (κ2) is 4.81. The Morgan fingerprint density at radius 2 is 2.16 bits per heavy atom. The van der Waals surface area contributed by atoms with Gasteiger partial charge in [-0.05, 0) is 12.1 Å². The highest BCUT2D eigenvalue weighted by atomic mass is 16.6. The highest BCUT2D eigenvalue weighted by molar-refractivity contribution is 5.71. The Morgan fingerprint density at radius 1 is 1.32 bits per heavy atom. The number of hydrogen-bond acceptors (Lipinski definition) is 6. The van der Waals surface area contributed by atoms with E-state index >= 15 is 0 Å². The Kier molecular flexibility index (Phi) is 3.00. The van der Waals surface area contributed by atoms with Crippen molar-refractivity contribution in [2.45, 2.75) is 6.61 Å². The molecule has 19 heavy (non-hydrogen) atoms. The molecule has 0 spiro atoms. The van der Waals surface area contributed by atoms with Crippen LogP contribution in [0.3, 0.4) is 0 Å². The number of nitrogen functional groups attached to an aromatic ring is 1. The molecule has 2 N–H and O–H groups in total. The first-order valence-electron chi connectivity index (χ1n) is 5.92. The molecule has 1 aromatic heterocycles. The third-order valence-corrected chi connectivity index (χ3v) is 2.90. The van der Waals surface area contributed by atoms with Gasteiger partial charge in [0.15, 0.2) is 11.5 Å². The molecule has 2 aromatic rings. The van der Waals surface area contributed by atoms with Crippen LogP contribution in [0.4, 0.5) is 5.88 Å². The third kappa shape index (κ3) is 2.10. The number of hydrogen-bond donors (Lipinski definition) is 1. The van der Waals surface area contributed by atoms with Crippen molar-refractivity contribution in [1.82, 2.24) is 5.16 Å². The van der Waals surface area contributed by atoms with Crippen molar-refractivity contribution in [3.8, 4) is 22.8 Å². The Morgan fingerprint density at radius 3 is 2.89 bits per heavy atom. The monoisotopic (exact) mass is 262 g/mol. The number of nitrogens with two attached hydrogens (primary N) is 1. The second-order valence-corrected chi connectivity index (χ2v) is 4.16. The van der Waals surface area contributed by atoms with Gasteiger partial charge in [0.25, 0.3) is 0 Å². The zero-order chi connectivity index (χ0) is 13.2. The average Bonchev–Trinajstić information content (AvgIpc) is 2.86. The standard InChI is InChI=1S/C13H14N2O4/c1-16-7-9-8(10-6-12(14)19-15-10)2-3-11-13(9)18-5-4-17-11/h2-3,6H,4-5,7,14H2,1H3. The van der Waals surface area contributed by atoms with E-state index in [1.54, 1.807) is 13.2 Å². The number of methoxy groups -OCH3 is 1. The normalized spacial score (nSPS) is 13.5. The van der Waals surface area contributed by atoms with E-state index in [0.29, 0.717) is 31.3 Å². The molecule has 1 aliphatic rings. The average molecular weight is 262 g/mol. The summed E-state index contributed by atoms with van der Waals surface area (Å²) >= 11 is 0. The van der Waals surface area contributed by atoms with Gasteiger partial charge in [0, 0.05) is 24.3 Å². The number of anilines is 1. The maximum atomic E-state index is 5.68. The first-order valence-corrected chi connectivity index (χ1v) is 5.92. The van der Waals surface area contributed by atoms with Gasteiger partial charge in [-0.1, -0.05) is 5.16 Å². The second-order valence-electron chi connectivity index (χ2n) is 4.16. The van der Waals surface area contributed by atoms with E-state index in [-0.39, 0.29) is 5.88 Å². The molecule has 2 heterocycles. The Balaban J connectivity index is 2.13. The molecule has 0 unspecified atom stereocenters. The highest BCUT2D eigenvalue weighted by Crippen LogP contribution is 2.40. The summed E-state index contributed by atoms with van der Waals surface area (Å²) in [5.41, 5.74) is 7.97. The third-order valence-electron chi connectivity index (χ3n) is 2.90. The predicted molar refractivity (Wildman–Crippen MR) is 68.1 cm³/mol. The number of rotatable bonds is 3. The maximum absolute atomic E-state index is 5.68. The summed E-state index contributed by atoms with van der Waals surface area (Å²) in [4.78, 5) is 0. The van der Waals surface area contributed by atoms with Gasteiger partial charge in [-0.3, -0.25) is 0 Å². The predicted octanol–water partition coefficient (Wildman–Crippen LogP) is 1.84. The molecule has 0 saturated carbocycles. The summed E-state index contributed by atoms with van der Waals surface area (Å²) in [6.45, 7) is 1.47. The van der Waals surface area contributed by atoms with Crippen LogP contribution in [0.2, 0.25) is 0 Å². The van der Waals surface area contributed by atoms with Crippen molar-refractivity contribution in [2.24, 2.45) is 0 Å². The molecule has 0 saturated heterocycles. The first kappa shape index (κ1) is 11.9. The minimum Gasteiger partial charge on any atom is -0.486 e. The van der Waals surface area contributed by atoms with E-state index in [4.69, 9.17) is 24.5 Å². The molecule has 6 nitrogen and oxygen atoms in total. The van der Waals surface area contributed by atoms with Crippen molar-refractivity contribution in [3.05, 3.63) is 23.8 Å². The molecule has 100 valence electrons. The van der Waals surface area contributed by atoms with Gasteiger partial charge in [0.1, 0.15) is 18.9 Å². The van der Waals surface area contributed by atoms with Crippen molar-refractivity contribution in [2.75, 3.05) is 26.1 Å². The lowest BCUT2D eigenvalue weighted by molar-refractivity contribution is 0.153. The first-order chi connectivity index (χ1) is 9.29. The lowest BCUT2D eigenvalue weighted by atomic mass is 10.0. The van der Waals surface area contributed by atoms with Gasteiger partial charge in [-0.25, -0.2) is 0 Å². The number of ether oxygens (including phenoxy) is 3. The molecule has 0 atom stereocenters. The molecule has 3 rings (SSSR count). The number of aromatic nitrogens is 1. The van der Waals surface area contributed by atoms with Crippen LogP contribution in [0.15, 0.2) is 22.7 Å². The van der Waals surface area contributed by atoms with E-state index < -0.39 is 0 Å². The smallest absolute Gasteiger partial charge is 0.222 e. The van der Waals surface area contributed by atoms with E-state index in [0.717, 1.165) is 16.9 Å². The molecule has 1 aromatic carbocycles. The van der Waals surface area contributed by atoms with Crippen LogP contribution in [-0.4, -0.2) is 25.5 Å². The fraction of sp³-hybridized carbons (Fsp3) is 0.308. The van der Waals surface area contributed by atoms with Crippen LogP contribution in [0.5, 0.6) is 11.5 Å². The Hall–Kier alpha value is -2.21. The van der Waals surface area contributed by atoms with Crippen molar-refractivity contribution in [1.29, 1.82) is 0 Å². The van der Waals surface area contributed by atoms with Gasteiger partial charge in [0.2, 0.25) is 5.88 Å². The van der Waals surface area contributed by atoms with Crippen molar-refractivity contribution >= 4 is 5.88 Å². The van der Waals surface area contributed by atoms with Gasteiger partial charge in [0.05, 0.1) is 6.61 Å². The van der Waals surface area contributed by atoms with Crippen LogP contribution < -0.4 is 15.2 Å². The Labute approximate surface area is 110 Å². The summed E-state index contributed by atoms with van der Waals surface area (Å²) in [6, 6.07) is 5.43. The summed E-state index contributed by atoms with van der Waals surface area (Å²) in [7, 11) is 1.63. The van der Waals surface area contributed by atoms with Gasteiger partial charge < -0.3 is 24.5 Å². The summed E-state index contributed by atoms with van der Waals surface area (Å²) in [6.07, 6.45) is 0. The fourth-order valence-electron chi connectivity index (χ4n) is 2.12. The highest BCUT2D eigenvalue weighted by Gasteiger charge is 2.21. The number of nitrogens with zero attached hydrogens (tertiary/aromatic N) is 1. The molecule has 6 heteroatoms. The summed E-state index contributed by atoms with van der Waals surface area (Å²) in [5, 5.41) is 3.93. The zero-order valence-corrected chi connectivity index (χ0v) is 10.5. The topological polar surface area (TPSA) is 79.7 Å². The van der Waals surface area contributed by atoms with E-state index in [9.17, 15) is 0 Å². The quantitative estimate of drug-likeness (QED) is 0.909. The van der Waals surface area contributed by atoms with Crippen molar-refractivity contribution < 1.29 is 18.7 Å². The molecule has 0 amide bonds. The van der Waals surface area contributed by atoms with Crippen LogP contribution >= 0.6 is 0 Å². The molecular weight excluding hydrogens is 248 g/mol. The van der Waals surface area contributed by atoms with E-state index in [1.165, 1.54) is 0 Å². The SMILES string of the molecule is COCc1c(-c2cc(N)on2)ccc2c1OCCO2. The summed E-state index contributed by atoms with van der Waals surface area (Å²) in [5.74, 6) is 1.69. The number of fused-ring (bicyclic) bond motifs is 1. The molecule has 0 radical (unpaired) electrons. The van der Waals surface area contributed by atoms with Crippen LogP contribution in [-0.2, 0) is 11.3 Å². The van der Waals surface area contributed by atoms with Crippen LogP contribution in [0, 0.1) is 0 Å². The van der Waals surface area contributed by atoms with E-state index in [2.05, 4.69) is 5.16 Å². The van der Waals surface area contributed by atoms with Gasteiger partial charge in [-0.15, -0.1) is 0 Å². The molecule has 0 aliphatic carbocycles. The molecule has 0 bridgehead atoms. The fourth-order valence-corrected chi connectivity index (χ4v) is 2.12. The van der Waals surface area contributed by atoms with E-state index in [1.807, 2.05) is 12.1 Å². The lowest BCUT2D eigenvalue weighted by Gasteiger charge is -2.22. The number of benzene rings is 1. The minimum atomic E-state index is 0.272. The van der Waals surface area contributed by atoms with Crippen LogP contribution in [0.1, 0.15) is 5.56 Å². The summed E-state index contributed by atoms with van der Waals surface area (Å²) < 4.78 is 21.4. The lowest BCUT2D eigenvalue weighted by Crippen LogP contribution is -2.17. The van der Waals surface area contributed by atoms with Crippen molar-refractivity contribution in [3.63, 3.8) is 0 Å². The van der Waals surface area contributed by atoms with Gasteiger partial charge >= 0.3 is 0 Å². The van der Waals surface area contributed by atoms with Crippen LogP contribution in [0.25, 0.3) is 11.3 Å².